The van der Waals surface area contributed by atoms with Crippen LogP contribution in [0.4, 0.5) is 0 Å². The minimum atomic E-state index is 1.28. The second-order valence-electron chi connectivity index (χ2n) is 6.33. The summed E-state index contributed by atoms with van der Waals surface area (Å²) >= 11 is 0. The summed E-state index contributed by atoms with van der Waals surface area (Å²) in [6.07, 6.45) is 0. The third-order valence-corrected chi connectivity index (χ3v) is 4.89. The van der Waals surface area contributed by atoms with Crippen molar-refractivity contribution in [3.63, 3.8) is 0 Å². The van der Waals surface area contributed by atoms with Gasteiger partial charge in [0.25, 0.3) is 0 Å². The van der Waals surface area contributed by atoms with Crippen LogP contribution in [0.15, 0.2) is 78.9 Å². The monoisotopic (exact) mass is 292 g/mol. The Kier molecular flexibility index (Phi) is 2.51. The van der Waals surface area contributed by atoms with Gasteiger partial charge in [0.15, 0.2) is 0 Å². The molecule has 0 saturated heterocycles. The molecule has 0 nitrogen and oxygen atoms in total. The lowest BCUT2D eigenvalue weighted by molar-refractivity contribution is 1.55. The standard InChI is InChI=1S/C23H16/c1-15-12-18-9-5-8-17-10-11-19-13-20(16-6-3-2-4-7-16)14-21(15)23(19)22(17)18/h2-14H,1H3. The fourth-order valence-electron chi connectivity index (χ4n) is 3.81. The highest BCUT2D eigenvalue weighted by molar-refractivity contribution is 6.24. The summed E-state index contributed by atoms with van der Waals surface area (Å²) in [6.45, 7) is 2.22. The molecule has 0 heteroatoms. The summed E-state index contributed by atoms with van der Waals surface area (Å²) in [4.78, 5) is 0. The number of hydrogen-bond acceptors (Lipinski definition) is 0. The highest BCUT2D eigenvalue weighted by Gasteiger charge is 2.11. The molecule has 0 saturated carbocycles. The van der Waals surface area contributed by atoms with E-state index in [2.05, 4.69) is 85.8 Å². The average Bonchev–Trinajstić information content (AvgIpc) is 2.61. The number of aryl methyl sites for hydroxylation is 1. The zero-order chi connectivity index (χ0) is 15.4. The third-order valence-electron chi connectivity index (χ3n) is 4.89. The van der Waals surface area contributed by atoms with Gasteiger partial charge < -0.3 is 0 Å². The van der Waals surface area contributed by atoms with Gasteiger partial charge in [0, 0.05) is 0 Å². The molecule has 0 amide bonds. The van der Waals surface area contributed by atoms with E-state index in [-0.39, 0.29) is 0 Å². The van der Waals surface area contributed by atoms with Gasteiger partial charge in [0.05, 0.1) is 0 Å². The molecule has 0 spiro atoms. The zero-order valence-corrected chi connectivity index (χ0v) is 13.0. The summed E-state index contributed by atoms with van der Waals surface area (Å²) in [5, 5.41) is 8.15. The Morgan fingerprint density at radius 1 is 0.522 bits per heavy atom. The molecule has 0 aliphatic carbocycles. The Bertz CT molecular complexity index is 1150. The maximum Gasteiger partial charge on any atom is -0.00237 e. The first-order valence-corrected chi connectivity index (χ1v) is 8.05. The van der Waals surface area contributed by atoms with Gasteiger partial charge in [-0.2, -0.15) is 0 Å². The van der Waals surface area contributed by atoms with Crippen molar-refractivity contribution in [3.8, 4) is 11.1 Å². The second kappa shape index (κ2) is 4.57. The van der Waals surface area contributed by atoms with Crippen LogP contribution < -0.4 is 0 Å². The van der Waals surface area contributed by atoms with Crippen LogP contribution in [0.3, 0.4) is 0 Å². The molecule has 0 aromatic heterocycles. The van der Waals surface area contributed by atoms with Crippen molar-refractivity contribution >= 4 is 32.3 Å². The molecule has 0 unspecified atom stereocenters. The Hall–Kier alpha value is -2.86. The quantitative estimate of drug-likeness (QED) is 0.307. The van der Waals surface area contributed by atoms with Gasteiger partial charge in [-0.3, -0.25) is 0 Å². The van der Waals surface area contributed by atoms with Crippen molar-refractivity contribution in [2.75, 3.05) is 0 Å². The highest BCUT2D eigenvalue weighted by Crippen LogP contribution is 2.38. The third kappa shape index (κ3) is 1.78. The predicted octanol–water partition coefficient (Wildman–Crippen LogP) is 6.56. The van der Waals surface area contributed by atoms with E-state index in [9.17, 15) is 0 Å². The maximum atomic E-state index is 2.35. The van der Waals surface area contributed by atoms with E-state index in [0.29, 0.717) is 0 Å². The number of benzene rings is 5. The van der Waals surface area contributed by atoms with Crippen molar-refractivity contribution in [1.82, 2.24) is 0 Å². The normalized spacial score (nSPS) is 11.7. The molecule has 0 aliphatic rings. The molecule has 5 aromatic rings. The first-order valence-electron chi connectivity index (χ1n) is 8.05. The summed E-state index contributed by atoms with van der Waals surface area (Å²) in [7, 11) is 0. The molecular formula is C23H16. The van der Waals surface area contributed by atoms with Crippen molar-refractivity contribution in [1.29, 1.82) is 0 Å². The summed E-state index contributed by atoms with van der Waals surface area (Å²) in [5.41, 5.74) is 3.91. The van der Waals surface area contributed by atoms with Gasteiger partial charge in [0.2, 0.25) is 0 Å². The minimum absolute atomic E-state index is 1.28. The molecule has 108 valence electrons. The van der Waals surface area contributed by atoms with Gasteiger partial charge in [-0.25, -0.2) is 0 Å². The van der Waals surface area contributed by atoms with E-state index in [1.165, 1.54) is 49.0 Å². The molecular weight excluding hydrogens is 276 g/mol. The van der Waals surface area contributed by atoms with Crippen molar-refractivity contribution < 1.29 is 0 Å². The van der Waals surface area contributed by atoms with E-state index in [0.717, 1.165) is 0 Å². The average molecular weight is 292 g/mol. The van der Waals surface area contributed by atoms with Crippen LogP contribution in [0.1, 0.15) is 5.56 Å². The number of hydrogen-bond donors (Lipinski definition) is 0. The fourth-order valence-corrected chi connectivity index (χ4v) is 3.81. The first-order chi connectivity index (χ1) is 11.3. The van der Waals surface area contributed by atoms with E-state index in [1.807, 2.05) is 0 Å². The molecule has 5 rings (SSSR count). The smallest absolute Gasteiger partial charge is 0.00237 e. The second-order valence-corrected chi connectivity index (χ2v) is 6.33. The van der Waals surface area contributed by atoms with E-state index >= 15 is 0 Å². The Balaban J connectivity index is 1.99. The Morgan fingerprint density at radius 3 is 2.13 bits per heavy atom. The van der Waals surface area contributed by atoms with Crippen LogP contribution in [-0.2, 0) is 0 Å². The molecule has 0 fully saturated rings. The summed E-state index contributed by atoms with van der Waals surface area (Å²) in [6, 6.07) is 28.7. The van der Waals surface area contributed by atoms with Crippen LogP contribution >= 0.6 is 0 Å². The Labute approximate surface area is 135 Å². The zero-order valence-electron chi connectivity index (χ0n) is 13.0. The molecule has 5 aromatic carbocycles. The molecule has 0 aliphatic heterocycles. The van der Waals surface area contributed by atoms with Crippen molar-refractivity contribution in [3.05, 3.63) is 84.4 Å². The molecule has 0 heterocycles. The maximum absolute atomic E-state index is 2.35. The lowest BCUT2D eigenvalue weighted by atomic mass is 9.89. The molecule has 0 atom stereocenters. The largest absolute Gasteiger partial charge is 0.0622 e. The predicted molar refractivity (Wildman–Crippen MR) is 100 cm³/mol. The summed E-state index contributed by atoms with van der Waals surface area (Å²) < 4.78 is 0. The van der Waals surface area contributed by atoms with Crippen LogP contribution in [0, 0.1) is 6.92 Å². The SMILES string of the molecule is Cc1cc2cccc3ccc4cc(-c5ccccc5)cc1c4c32. The van der Waals surface area contributed by atoms with Gasteiger partial charge >= 0.3 is 0 Å². The van der Waals surface area contributed by atoms with Gasteiger partial charge in [-0.05, 0) is 68.1 Å². The van der Waals surface area contributed by atoms with Crippen LogP contribution in [0.25, 0.3) is 43.4 Å². The lowest BCUT2D eigenvalue weighted by Crippen LogP contribution is -1.88. The van der Waals surface area contributed by atoms with E-state index in [4.69, 9.17) is 0 Å². The number of rotatable bonds is 1. The first kappa shape index (κ1) is 12.7. The fraction of sp³-hybridized carbons (Fsp3) is 0.0435. The molecule has 0 bridgehead atoms. The van der Waals surface area contributed by atoms with Crippen LogP contribution in [-0.4, -0.2) is 0 Å². The van der Waals surface area contributed by atoms with Crippen LogP contribution in [0.5, 0.6) is 0 Å². The van der Waals surface area contributed by atoms with Crippen molar-refractivity contribution in [2.45, 2.75) is 6.92 Å². The Morgan fingerprint density at radius 2 is 1.26 bits per heavy atom. The molecule has 0 N–H and O–H groups in total. The minimum Gasteiger partial charge on any atom is -0.0622 e. The van der Waals surface area contributed by atoms with Gasteiger partial charge in [0.1, 0.15) is 0 Å². The topological polar surface area (TPSA) is 0 Å². The summed E-state index contributed by atoms with van der Waals surface area (Å²) in [5.74, 6) is 0. The van der Waals surface area contributed by atoms with Crippen molar-refractivity contribution in [2.24, 2.45) is 0 Å². The van der Waals surface area contributed by atoms with Crippen LogP contribution in [0.2, 0.25) is 0 Å². The molecule has 0 radical (unpaired) electrons. The van der Waals surface area contributed by atoms with Gasteiger partial charge in [-0.1, -0.05) is 66.7 Å². The lowest BCUT2D eigenvalue weighted by Gasteiger charge is -2.14. The highest BCUT2D eigenvalue weighted by atomic mass is 14.1. The van der Waals surface area contributed by atoms with Gasteiger partial charge in [-0.15, -0.1) is 0 Å². The van der Waals surface area contributed by atoms with E-state index < -0.39 is 0 Å². The van der Waals surface area contributed by atoms with E-state index in [1.54, 1.807) is 0 Å². The molecule has 23 heavy (non-hydrogen) atoms.